The van der Waals surface area contributed by atoms with E-state index in [1.807, 2.05) is 29.6 Å². The number of nitrogens with one attached hydrogen (secondary N) is 1. The SMILES string of the molecule is O=C(CCc1ccc(-c2cccs2)o1)NCc1nncn1C1CCCCC1. The van der Waals surface area contributed by atoms with Crippen molar-refractivity contribution in [3.05, 3.63) is 47.6 Å². The molecule has 1 saturated carbocycles. The fourth-order valence-corrected chi connectivity index (χ4v) is 4.31. The summed E-state index contributed by atoms with van der Waals surface area (Å²) in [6.45, 7) is 0.425. The second kappa shape index (κ2) is 8.52. The molecule has 0 saturated heterocycles. The van der Waals surface area contributed by atoms with Crippen molar-refractivity contribution in [3.63, 3.8) is 0 Å². The minimum absolute atomic E-state index is 0.00210. The lowest BCUT2D eigenvalue weighted by molar-refractivity contribution is -0.121. The molecule has 1 amide bonds. The Morgan fingerprint density at radius 3 is 2.96 bits per heavy atom. The number of carbonyl (C=O) groups excluding carboxylic acids is 1. The fourth-order valence-electron chi connectivity index (χ4n) is 3.62. The topological polar surface area (TPSA) is 73.0 Å². The van der Waals surface area contributed by atoms with Crippen molar-refractivity contribution in [1.82, 2.24) is 20.1 Å². The van der Waals surface area contributed by atoms with E-state index in [1.54, 1.807) is 17.7 Å². The lowest BCUT2D eigenvalue weighted by Gasteiger charge is -2.24. The van der Waals surface area contributed by atoms with E-state index < -0.39 is 0 Å². The van der Waals surface area contributed by atoms with Crippen LogP contribution in [0.2, 0.25) is 0 Å². The zero-order valence-corrected chi connectivity index (χ0v) is 16.1. The van der Waals surface area contributed by atoms with Gasteiger partial charge in [-0.05, 0) is 36.4 Å². The smallest absolute Gasteiger partial charge is 0.220 e. The van der Waals surface area contributed by atoms with Gasteiger partial charge in [0.15, 0.2) is 5.82 Å². The predicted molar refractivity (Wildman–Crippen MR) is 104 cm³/mol. The molecule has 1 aliphatic carbocycles. The Balaban J connectivity index is 1.26. The van der Waals surface area contributed by atoms with E-state index in [-0.39, 0.29) is 5.91 Å². The molecule has 4 rings (SSSR count). The van der Waals surface area contributed by atoms with Crippen LogP contribution in [-0.2, 0) is 17.8 Å². The van der Waals surface area contributed by atoms with Gasteiger partial charge >= 0.3 is 0 Å². The van der Waals surface area contributed by atoms with Gasteiger partial charge in [-0.1, -0.05) is 25.3 Å². The highest BCUT2D eigenvalue weighted by Gasteiger charge is 2.18. The summed E-state index contributed by atoms with van der Waals surface area (Å²) < 4.78 is 7.97. The van der Waals surface area contributed by atoms with Gasteiger partial charge in [0.25, 0.3) is 0 Å². The van der Waals surface area contributed by atoms with Gasteiger partial charge in [0.05, 0.1) is 11.4 Å². The lowest BCUT2D eigenvalue weighted by Crippen LogP contribution is -2.26. The van der Waals surface area contributed by atoms with E-state index in [0.29, 0.717) is 25.4 Å². The third-order valence-corrected chi connectivity index (χ3v) is 5.97. The van der Waals surface area contributed by atoms with E-state index in [2.05, 4.69) is 20.1 Å². The second-order valence-corrected chi connectivity index (χ2v) is 7.91. The molecule has 3 aromatic rings. The number of rotatable bonds is 7. The number of aromatic nitrogens is 3. The molecule has 0 aromatic carbocycles. The molecule has 0 spiro atoms. The van der Waals surface area contributed by atoms with Crippen molar-refractivity contribution in [2.24, 2.45) is 0 Å². The van der Waals surface area contributed by atoms with Crippen molar-refractivity contribution in [2.75, 3.05) is 0 Å². The molecule has 3 aromatic heterocycles. The molecule has 1 fully saturated rings. The quantitative estimate of drug-likeness (QED) is 0.657. The van der Waals surface area contributed by atoms with Crippen LogP contribution < -0.4 is 5.32 Å². The van der Waals surface area contributed by atoms with E-state index >= 15 is 0 Å². The van der Waals surface area contributed by atoms with E-state index in [4.69, 9.17) is 4.42 Å². The average molecular weight is 385 g/mol. The monoisotopic (exact) mass is 384 g/mol. The number of carbonyl (C=O) groups is 1. The Kier molecular flexibility index (Phi) is 5.67. The number of aryl methyl sites for hydroxylation is 1. The van der Waals surface area contributed by atoms with Crippen LogP contribution in [0.25, 0.3) is 10.6 Å². The van der Waals surface area contributed by atoms with E-state index in [1.165, 1.54) is 32.1 Å². The first-order valence-electron chi connectivity index (χ1n) is 9.57. The molecule has 142 valence electrons. The van der Waals surface area contributed by atoms with Gasteiger partial charge in [0.1, 0.15) is 17.8 Å². The van der Waals surface area contributed by atoms with Crippen LogP contribution in [0.15, 0.2) is 40.4 Å². The molecule has 0 aliphatic heterocycles. The zero-order valence-electron chi connectivity index (χ0n) is 15.3. The molecular weight excluding hydrogens is 360 g/mol. The molecule has 1 aliphatic rings. The molecule has 6 nitrogen and oxygen atoms in total. The first-order valence-corrected chi connectivity index (χ1v) is 10.5. The molecular formula is C20H24N4O2S. The molecule has 27 heavy (non-hydrogen) atoms. The van der Waals surface area contributed by atoms with Crippen LogP contribution in [0.4, 0.5) is 0 Å². The maximum Gasteiger partial charge on any atom is 0.220 e. The van der Waals surface area contributed by atoms with Crippen LogP contribution in [-0.4, -0.2) is 20.7 Å². The van der Waals surface area contributed by atoms with Crippen molar-refractivity contribution >= 4 is 17.2 Å². The van der Waals surface area contributed by atoms with Gasteiger partial charge in [-0.3, -0.25) is 4.79 Å². The van der Waals surface area contributed by atoms with Crippen molar-refractivity contribution < 1.29 is 9.21 Å². The minimum Gasteiger partial charge on any atom is -0.460 e. The van der Waals surface area contributed by atoms with Crippen LogP contribution in [0.1, 0.15) is 56.2 Å². The van der Waals surface area contributed by atoms with Crippen molar-refractivity contribution in [2.45, 2.75) is 57.5 Å². The second-order valence-electron chi connectivity index (χ2n) is 6.97. The highest BCUT2D eigenvalue weighted by Crippen LogP contribution is 2.29. The summed E-state index contributed by atoms with van der Waals surface area (Å²) in [7, 11) is 0. The summed E-state index contributed by atoms with van der Waals surface area (Å²) in [6.07, 6.45) is 8.95. The molecule has 0 unspecified atom stereocenters. The van der Waals surface area contributed by atoms with Crippen molar-refractivity contribution in [1.29, 1.82) is 0 Å². The summed E-state index contributed by atoms with van der Waals surface area (Å²) in [5.41, 5.74) is 0. The molecule has 1 N–H and O–H groups in total. The summed E-state index contributed by atoms with van der Waals surface area (Å²) >= 11 is 1.65. The third-order valence-electron chi connectivity index (χ3n) is 5.08. The zero-order chi connectivity index (χ0) is 18.5. The summed E-state index contributed by atoms with van der Waals surface area (Å²) in [5, 5.41) is 13.2. The molecule has 0 atom stereocenters. The first kappa shape index (κ1) is 18.0. The maximum absolute atomic E-state index is 12.2. The highest BCUT2D eigenvalue weighted by molar-refractivity contribution is 7.13. The Labute approximate surface area is 162 Å². The van der Waals surface area contributed by atoms with Gasteiger partial charge in [0, 0.05) is 18.9 Å². The van der Waals surface area contributed by atoms with Crippen LogP contribution in [0.5, 0.6) is 0 Å². The largest absolute Gasteiger partial charge is 0.460 e. The highest BCUT2D eigenvalue weighted by atomic mass is 32.1. The summed E-state index contributed by atoms with van der Waals surface area (Å²) in [6, 6.07) is 8.41. The Hall–Kier alpha value is -2.41. The third kappa shape index (κ3) is 4.47. The Morgan fingerprint density at radius 1 is 1.26 bits per heavy atom. The first-order chi connectivity index (χ1) is 13.3. The van der Waals surface area contributed by atoms with Crippen LogP contribution >= 0.6 is 11.3 Å². The molecule has 3 heterocycles. The molecule has 0 radical (unpaired) electrons. The number of amides is 1. The normalized spacial score (nSPS) is 15.1. The van der Waals surface area contributed by atoms with Gasteiger partial charge in [0.2, 0.25) is 5.91 Å². The van der Waals surface area contributed by atoms with Gasteiger partial charge in [-0.2, -0.15) is 0 Å². The number of thiophene rings is 1. The Morgan fingerprint density at radius 2 is 2.15 bits per heavy atom. The van der Waals surface area contributed by atoms with Gasteiger partial charge < -0.3 is 14.3 Å². The van der Waals surface area contributed by atoms with Gasteiger partial charge in [-0.15, -0.1) is 21.5 Å². The molecule has 7 heteroatoms. The van der Waals surface area contributed by atoms with Crippen molar-refractivity contribution in [3.8, 4) is 10.6 Å². The van der Waals surface area contributed by atoms with Crippen LogP contribution in [0, 0.1) is 0 Å². The fraction of sp³-hybridized carbons (Fsp3) is 0.450. The number of hydrogen-bond acceptors (Lipinski definition) is 5. The number of nitrogens with zero attached hydrogens (tertiary/aromatic N) is 3. The minimum atomic E-state index is 0.00210. The van der Waals surface area contributed by atoms with E-state index in [9.17, 15) is 4.79 Å². The summed E-state index contributed by atoms with van der Waals surface area (Å²) in [4.78, 5) is 13.3. The standard InChI is InChI=1S/C20H24N4O2S/c25-20(11-9-16-8-10-17(26-16)18-7-4-12-27-18)21-13-19-23-22-14-24(19)15-5-2-1-3-6-15/h4,7-8,10,12,14-15H,1-3,5-6,9,11,13H2,(H,21,25). The molecule has 0 bridgehead atoms. The lowest BCUT2D eigenvalue weighted by atomic mass is 9.95. The van der Waals surface area contributed by atoms with E-state index in [0.717, 1.165) is 22.2 Å². The summed E-state index contributed by atoms with van der Waals surface area (Å²) in [5.74, 6) is 2.54. The number of furan rings is 1. The maximum atomic E-state index is 12.2. The van der Waals surface area contributed by atoms with Gasteiger partial charge in [-0.25, -0.2) is 0 Å². The average Bonchev–Trinajstić information content (AvgIpc) is 3.46. The Bertz CT molecular complexity index is 862. The predicted octanol–water partition coefficient (Wildman–Crippen LogP) is 4.35. The number of hydrogen-bond donors (Lipinski definition) is 1. The van der Waals surface area contributed by atoms with Crippen LogP contribution in [0.3, 0.4) is 0 Å².